The molecule has 1 fully saturated rings. The molecule has 3 aromatic rings. The molecule has 5 rings (SSSR count). The molecular weight excluding hydrogens is 372 g/mol. The number of aromatic amines is 1. The standard InChI is InChI=1S/C21H20N4O4/c26-21(20-10-9-19(29-20)16-3-1-2-4-18(16)25(27)28)24(14-5-6-14)15-7-8-17-13(11-15)12-22-23-17/h1-4,9-10,12,14-15H,5-8,11H2,(H,22,23). The van der Waals surface area contributed by atoms with Gasteiger partial charge in [-0.3, -0.25) is 20.0 Å². The Hall–Kier alpha value is -3.42. The molecule has 2 aliphatic rings. The van der Waals surface area contributed by atoms with Crippen molar-refractivity contribution in [2.45, 2.75) is 44.2 Å². The van der Waals surface area contributed by atoms with Crippen molar-refractivity contribution in [3.05, 3.63) is 69.7 Å². The van der Waals surface area contributed by atoms with Gasteiger partial charge in [0.2, 0.25) is 0 Å². The van der Waals surface area contributed by atoms with Gasteiger partial charge in [-0.25, -0.2) is 0 Å². The van der Waals surface area contributed by atoms with Crippen molar-refractivity contribution in [3.8, 4) is 11.3 Å². The summed E-state index contributed by atoms with van der Waals surface area (Å²) in [5.74, 6) is 0.412. The summed E-state index contributed by atoms with van der Waals surface area (Å²) in [7, 11) is 0. The number of nitrogens with zero attached hydrogens (tertiary/aromatic N) is 3. The molecule has 0 radical (unpaired) electrons. The number of hydrogen-bond acceptors (Lipinski definition) is 5. The Morgan fingerprint density at radius 2 is 2.00 bits per heavy atom. The molecule has 8 heteroatoms. The van der Waals surface area contributed by atoms with Crippen LogP contribution in [0.4, 0.5) is 5.69 Å². The number of nitrogens with one attached hydrogen (secondary N) is 1. The highest BCUT2D eigenvalue weighted by Gasteiger charge is 2.40. The first-order valence-electron chi connectivity index (χ1n) is 9.79. The van der Waals surface area contributed by atoms with Crippen molar-refractivity contribution in [1.82, 2.24) is 15.1 Å². The molecule has 0 aliphatic heterocycles. The molecule has 148 valence electrons. The first kappa shape index (κ1) is 17.7. The molecule has 8 nitrogen and oxygen atoms in total. The summed E-state index contributed by atoms with van der Waals surface area (Å²) in [4.78, 5) is 26.1. The Balaban J connectivity index is 1.42. The zero-order chi connectivity index (χ0) is 20.0. The van der Waals surface area contributed by atoms with Gasteiger partial charge in [-0.2, -0.15) is 5.10 Å². The van der Waals surface area contributed by atoms with Crippen LogP contribution < -0.4 is 0 Å². The zero-order valence-electron chi connectivity index (χ0n) is 15.7. The highest BCUT2D eigenvalue weighted by atomic mass is 16.6. The lowest BCUT2D eigenvalue weighted by Gasteiger charge is -2.33. The molecular formula is C21H20N4O4. The van der Waals surface area contributed by atoms with E-state index in [1.807, 2.05) is 11.1 Å². The molecule has 1 atom stereocenters. The number of furan rings is 1. The maximum Gasteiger partial charge on any atom is 0.290 e. The SMILES string of the molecule is O=C(c1ccc(-c2ccccc2[N+](=O)[O-])o1)N(C1CC1)C1CCc2[nH]ncc2C1. The van der Waals surface area contributed by atoms with Gasteiger partial charge in [0.1, 0.15) is 5.76 Å². The third kappa shape index (κ3) is 3.20. The monoisotopic (exact) mass is 392 g/mol. The molecule has 1 N–H and O–H groups in total. The van der Waals surface area contributed by atoms with E-state index in [0.717, 1.165) is 37.8 Å². The second kappa shape index (κ2) is 6.88. The van der Waals surface area contributed by atoms with Crippen LogP contribution in [-0.2, 0) is 12.8 Å². The fraction of sp³-hybridized carbons (Fsp3) is 0.333. The average molecular weight is 392 g/mol. The number of nitro groups is 1. The molecule has 0 spiro atoms. The quantitative estimate of drug-likeness (QED) is 0.526. The molecule has 2 aromatic heterocycles. The summed E-state index contributed by atoms with van der Waals surface area (Å²) < 4.78 is 5.81. The number of amides is 1. The van der Waals surface area contributed by atoms with Crippen LogP contribution in [0.1, 0.15) is 41.1 Å². The number of carbonyl (C=O) groups excluding carboxylic acids is 1. The van der Waals surface area contributed by atoms with E-state index in [1.165, 1.54) is 11.6 Å². The van der Waals surface area contributed by atoms with E-state index >= 15 is 0 Å². The van der Waals surface area contributed by atoms with E-state index in [4.69, 9.17) is 4.42 Å². The van der Waals surface area contributed by atoms with E-state index < -0.39 is 4.92 Å². The highest BCUT2D eigenvalue weighted by molar-refractivity contribution is 5.93. The molecule has 0 bridgehead atoms. The van der Waals surface area contributed by atoms with E-state index in [2.05, 4.69) is 10.2 Å². The molecule has 1 aromatic carbocycles. The van der Waals surface area contributed by atoms with Crippen LogP contribution in [0, 0.1) is 10.1 Å². The first-order valence-corrected chi connectivity index (χ1v) is 9.79. The minimum atomic E-state index is -0.444. The van der Waals surface area contributed by atoms with Crippen molar-refractivity contribution < 1.29 is 14.1 Å². The number of fused-ring (bicyclic) bond motifs is 1. The van der Waals surface area contributed by atoms with Gasteiger partial charge < -0.3 is 9.32 Å². The van der Waals surface area contributed by atoms with E-state index in [9.17, 15) is 14.9 Å². The fourth-order valence-electron chi connectivity index (χ4n) is 4.18. The first-order chi connectivity index (χ1) is 14.1. The molecule has 0 saturated heterocycles. The number of hydrogen-bond donors (Lipinski definition) is 1. The lowest BCUT2D eigenvalue weighted by Crippen LogP contribution is -2.44. The lowest BCUT2D eigenvalue weighted by atomic mass is 9.92. The van der Waals surface area contributed by atoms with Gasteiger partial charge in [0.05, 0.1) is 16.7 Å². The van der Waals surface area contributed by atoms with Crippen molar-refractivity contribution >= 4 is 11.6 Å². The Morgan fingerprint density at radius 1 is 1.17 bits per heavy atom. The minimum absolute atomic E-state index is 0.0420. The van der Waals surface area contributed by atoms with E-state index in [0.29, 0.717) is 11.3 Å². The average Bonchev–Trinajstić information content (AvgIpc) is 3.25. The normalized spacial score (nSPS) is 18.3. The van der Waals surface area contributed by atoms with Gasteiger partial charge >= 0.3 is 0 Å². The summed E-state index contributed by atoms with van der Waals surface area (Å²) >= 11 is 0. The summed E-state index contributed by atoms with van der Waals surface area (Å²) in [5, 5.41) is 18.5. The van der Waals surface area contributed by atoms with Crippen LogP contribution in [0.25, 0.3) is 11.3 Å². The smallest absolute Gasteiger partial charge is 0.290 e. The number of H-pyrrole nitrogens is 1. The third-order valence-corrected chi connectivity index (χ3v) is 5.74. The fourth-order valence-corrected chi connectivity index (χ4v) is 4.18. The summed E-state index contributed by atoms with van der Waals surface area (Å²) in [6.07, 6.45) is 6.38. The predicted octanol–water partition coefficient (Wildman–Crippen LogP) is 3.74. The maximum atomic E-state index is 13.3. The molecule has 1 unspecified atom stereocenters. The van der Waals surface area contributed by atoms with Crippen LogP contribution in [0.5, 0.6) is 0 Å². The molecule has 2 heterocycles. The summed E-state index contributed by atoms with van der Waals surface area (Å²) in [5.41, 5.74) is 2.65. The van der Waals surface area contributed by atoms with Gasteiger partial charge in [-0.1, -0.05) is 12.1 Å². The topological polar surface area (TPSA) is 105 Å². The second-order valence-electron chi connectivity index (χ2n) is 7.65. The van der Waals surface area contributed by atoms with Crippen LogP contribution in [0.2, 0.25) is 0 Å². The molecule has 29 heavy (non-hydrogen) atoms. The molecule has 1 amide bonds. The van der Waals surface area contributed by atoms with Gasteiger partial charge in [-0.15, -0.1) is 0 Å². The molecule has 2 aliphatic carbocycles. The number of aryl methyl sites for hydroxylation is 1. The van der Waals surface area contributed by atoms with E-state index in [-0.39, 0.29) is 29.4 Å². The van der Waals surface area contributed by atoms with Gasteiger partial charge in [0.25, 0.3) is 11.6 Å². The van der Waals surface area contributed by atoms with Crippen LogP contribution in [0.3, 0.4) is 0 Å². The largest absolute Gasteiger partial charge is 0.451 e. The number of nitro benzene ring substituents is 1. The van der Waals surface area contributed by atoms with Crippen molar-refractivity contribution in [2.75, 3.05) is 0 Å². The number of rotatable bonds is 5. The maximum absolute atomic E-state index is 13.3. The van der Waals surface area contributed by atoms with Crippen molar-refractivity contribution in [3.63, 3.8) is 0 Å². The van der Waals surface area contributed by atoms with Gasteiger partial charge in [0.15, 0.2) is 5.76 Å². The minimum Gasteiger partial charge on any atom is -0.451 e. The lowest BCUT2D eigenvalue weighted by molar-refractivity contribution is -0.384. The van der Waals surface area contributed by atoms with Crippen LogP contribution in [-0.4, -0.2) is 38.0 Å². The molecule has 1 saturated carbocycles. The van der Waals surface area contributed by atoms with Gasteiger partial charge in [-0.05, 0) is 55.9 Å². The van der Waals surface area contributed by atoms with E-state index in [1.54, 1.807) is 30.3 Å². The number of aromatic nitrogens is 2. The van der Waals surface area contributed by atoms with Crippen LogP contribution >= 0.6 is 0 Å². The van der Waals surface area contributed by atoms with Gasteiger partial charge in [0, 0.05) is 23.8 Å². The highest BCUT2D eigenvalue weighted by Crippen LogP contribution is 2.36. The summed E-state index contributed by atoms with van der Waals surface area (Å²) in [6.45, 7) is 0. The zero-order valence-corrected chi connectivity index (χ0v) is 15.7. The number of para-hydroxylation sites is 1. The number of benzene rings is 1. The predicted molar refractivity (Wildman–Crippen MR) is 104 cm³/mol. The Labute approximate surface area is 166 Å². The van der Waals surface area contributed by atoms with Crippen molar-refractivity contribution in [2.24, 2.45) is 0 Å². The second-order valence-corrected chi connectivity index (χ2v) is 7.65. The van der Waals surface area contributed by atoms with Crippen LogP contribution in [0.15, 0.2) is 47.0 Å². The Morgan fingerprint density at radius 3 is 2.79 bits per heavy atom. The third-order valence-electron chi connectivity index (χ3n) is 5.74. The summed E-state index contributed by atoms with van der Waals surface area (Å²) in [6, 6.07) is 9.99. The Kier molecular flexibility index (Phi) is 4.19. The number of carbonyl (C=O) groups is 1. The Bertz CT molecular complexity index is 1080. The van der Waals surface area contributed by atoms with Crippen molar-refractivity contribution in [1.29, 1.82) is 0 Å².